The molecule has 0 radical (unpaired) electrons. The van der Waals surface area contributed by atoms with Gasteiger partial charge in [0.05, 0.1) is 5.52 Å². The number of rotatable bonds is 9. The van der Waals surface area contributed by atoms with E-state index in [9.17, 15) is 0 Å². The van der Waals surface area contributed by atoms with Crippen molar-refractivity contribution in [1.82, 2.24) is 4.57 Å². The lowest BCUT2D eigenvalue weighted by Crippen LogP contribution is -2.09. The van der Waals surface area contributed by atoms with Crippen LogP contribution in [0.1, 0.15) is 17.7 Å². The molecule has 286 valence electrons. The van der Waals surface area contributed by atoms with Crippen LogP contribution in [-0.2, 0) is 6.42 Å². The van der Waals surface area contributed by atoms with Crippen LogP contribution in [-0.4, -0.2) is 4.57 Å². The van der Waals surface area contributed by atoms with Crippen LogP contribution in [0, 0.1) is 0 Å². The van der Waals surface area contributed by atoms with Gasteiger partial charge < -0.3 is 9.47 Å². The molecule has 0 aliphatic heterocycles. The molecule has 10 aromatic rings. The van der Waals surface area contributed by atoms with Crippen molar-refractivity contribution in [1.29, 1.82) is 0 Å². The molecule has 2 nitrogen and oxygen atoms in total. The highest BCUT2D eigenvalue weighted by Crippen LogP contribution is 2.42. The molecule has 1 aliphatic rings. The Labute approximate surface area is 359 Å². The Bertz CT molecular complexity index is 2980. The number of thiophene rings is 2. The number of nitrogens with zero attached hydrogens (tertiary/aromatic N) is 2. The molecule has 0 spiro atoms. The molecule has 60 heavy (non-hydrogen) atoms. The van der Waals surface area contributed by atoms with Crippen molar-refractivity contribution in [2.24, 2.45) is 0 Å². The Morgan fingerprint density at radius 2 is 0.833 bits per heavy atom. The summed E-state index contributed by atoms with van der Waals surface area (Å²) in [5.41, 5.74) is 15.9. The van der Waals surface area contributed by atoms with Gasteiger partial charge in [-0.25, -0.2) is 0 Å². The summed E-state index contributed by atoms with van der Waals surface area (Å²) in [5.74, 6) is 0. The number of benzene rings is 7. The molecule has 11 rings (SSSR count). The average molecular weight is 805 g/mol. The van der Waals surface area contributed by atoms with Crippen molar-refractivity contribution in [2.45, 2.75) is 12.8 Å². The summed E-state index contributed by atoms with van der Waals surface area (Å²) in [7, 11) is 0. The van der Waals surface area contributed by atoms with Crippen molar-refractivity contribution in [3.63, 3.8) is 0 Å². The van der Waals surface area contributed by atoms with E-state index in [1.807, 2.05) is 22.7 Å². The van der Waals surface area contributed by atoms with Gasteiger partial charge in [0.15, 0.2) is 0 Å². The van der Waals surface area contributed by atoms with Gasteiger partial charge in [-0.1, -0.05) is 133 Å². The lowest BCUT2D eigenvalue weighted by atomic mass is 9.98. The topological polar surface area (TPSA) is 8.17 Å². The zero-order chi connectivity index (χ0) is 39.8. The summed E-state index contributed by atoms with van der Waals surface area (Å²) in [6, 6.07) is 75.1. The summed E-state index contributed by atoms with van der Waals surface area (Å²) < 4.78 is 2.46. The minimum absolute atomic E-state index is 1.04. The average Bonchev–Trinajstić information content (AvgIpc) is 4.10. The van der Waals surface area contributed by atoms with E-state index in [0.717, 1.165) is 29.9 Å². The van der Waals surface area contributed by atoms with E-state index in [2.05, 4.69) is 228 Å². The van der Waals surface area contributed by atoms with Crippen LogP contribution in [0.5, 0.6) is 0 Å². The Morgan fingerprint density at radius 1 is 0.400 bits per heavy atom. The fourth-order valence-electron chi connectivity index (χ4n) is 8.57. The third-order valence-electron chi connectivity index (χ3n) is 11.6. The summed E-state index contributed by atoms with van der Waals surface area (Å²) in [6.07, 6.45) is 6.75. The van der Waals surface area contributed by atoms with Gasteiger partial charge in [0.25, 0.3) is 0 Å². The second-order valence-electron chi connectivity index (χ2n) is 15.2. The van der Waals surface area contributed by atoms with E-state index in [0.29, 0.717) is 0 Å². The van der Waals surface area contributed by atoms with Crippen LogP contribution in [0.2, 0.25) is 0 Å². The molecule has 1 aliphatic carbocycles. The fourth-order valence-corrected chi connectivity index (χ4v) is 10.6. The minimum Gasteiger partial charge on any atom is -0.313 e. The van der Waals surface area contributed by atoms with E-state index >= 15 is 0 Å². The number of para-hydroxylation sites is 1. The highest BCUT2D eigenvalue weighted by Gasteiger charge is 2.20. The third kappa shape index (κ3) is 6.80. The molecule has 0 fully saturated rings. The number of fused-ring (bicyclic) bond motifs is 3. The van der Waals surface area contributed by atoms with Gasteiger partial charge in [0.2, 0.25) is 0 Å². The number of hydrogen-bond donors (Lipinski definition) is 0. The van der Waals surface area contributed by atoms with Gasteiger partial charge in [-0.15, -0.1) is 22.7 Å². The predicted octanol–water partition coefficient (Wildman–Crippen LogP) is 16.5. The molecule has 0 atom stereocenters. The van der Waals surface area contributed by atoms with Crippen LogP contribution in [0.15, 0.2) is 212 Å². The van der Waals surface area contributed by atoms with Crippen molar-refractivity contribution in [2.75, 3.05) is 4.90 Å². The molecule has 0 amide bonds. The molecular formula is C56H40N2S2. The van der Waals surface area contributed by atoms with E-state index in [4.69, 9.17) is 0 Å². The predicted molar refractivity (Wildman–Crippen MR) is 258 cm³/mol. The third-order valence-corrected chi connectivity index (χ3v) is 13.9. The van der Waals surface area contributed by atoms with Gasteiger partial charge in [-0.05, 0) is 131 Å². The van der Waals surface area contributed by atoms with Crippen LogP contribution >= 0.6 is 22.7 Å². The molecule has 0 N–H and O–H groups in total. The molecular weight excluding hydrogens is 765 g/mol. The molecule has 0 saturated carbocycles. The zero-order valence-corrected chi connectivity index (χ0v) is 34.5. The zero-order valence-electron chi connectivity index (χ0n) is 32.9. The Morgan fingerprint density at radius 3 is 1.33 bits per heavy atom. The van der Waals surface area contributed by atoms with E-state index in [1.54, 1.807) is 0 Å². The summed E-state index contributed by atoms with van der Waals surface area (Å²) in [6.45, 7) is 0. The molecule has 3 heterocycles. The van der Waals surface area contributed by atoms with Gasteiger partial charge in [-0.2, -0.15) is 0 Å². The van der Waals surface area contributed by atoms with E-state index in [-0.39, 0.29) is 0 Å². The van der Waals surface area contributed by atoms with Crippen molar-refractivity contribution in [3.05, 3.63) is 224 Å². The minimum atomic E-state index is 1.04. The van der Waals surface area contributed by atoms with Gasteiger partial charge in [0, 0.05) is 58.9 Å². The van der Waals surface area contributed by atoms with E-state index in [1.165, 1.54) is 80.7 Å². The fraction of sp³-hybridized carbons (Fsp3) is 0.0357. The smallest absolute Gasteiger partial charge is 0.0538 e. The Balaban J connectivity index is 0.941. The number of allylic oxidation sites excluding steroid dienone is 1. The van der Waals surface area contributed by atoms with Crippen molar-refractivity contribution in [3.8, 4) is 58.6 Å². The molecule has 0 saturated heterocycles. The monoisotopic (exact) mass is 804 g/mol. The second-order valence-corrected chi connectivity index (χ2v) is 17.4. The molecule has 3 aromatic heterocycles. The summed E-state index contributed by atoms with van der Waals surface area (Å²) >= 11 is 3.67. The molecule has 0 bridgehead atoms. The van der Waals surface area contributed by atoms with E-state index < -0.39 is 0 Å². The number of hydrogen-bond acceptors (Lipinski definition) is 3. The first-order valence-corrected chi connectivity index (χ1v) is 22.2. The number of anilines is 3. The van der Waals surface area contributed by atoms with Gasteiger partial charge >= 0.3 is 0 Å². The largest absolute Gasteiger partial charge is 0.313 e. The maximum absolute atomic E-state index is 2.46. The lowest BCUT2D eigenvalue weighted by molar-refractivity contribution is 0.888. The lowest BCUT2D eigenvalue weighted by Gasteiger charge is -2.26. The quantitative estimate of drug-likeness (QED) is 0.141. The SMILES string of the molecule is C1=Cc2c(n(-c3ccccc3)c3ccc(-c4ccc(N(c5ccc(-c6ccc(-c7ccccc7)s6)cc5)c5ccc(-c6ccc(-c7ccccc7)s6)cc5)cc4)cc23)CC1. The first kappa shape index (κ1) is 36.1. The first-order valence-electron chi connectivity index (χ1n) is 20.5. The summed E-state index contributed by atoms with van der Waals surface area (Å²) in [4.78, 5) is 7.46. The van der Waals surface area contributed by atoms with Crippen molar-refractivity contribution < 1.29 is 0 Å². The highest BCUT2D eigenvalue weighted by molar-refractivity contribution is 7.19. The van der Waals surface area contributed by atoms with Crippen molar-refractivity contribution >= 4 is 56.7 Å². The van der Waals surface area contributed by atoms with Gasteiger partial charge in [0.1, 0.15) is 0 Å². The number of aromatic nitrogens is 1. The molecule has 0 unspecified atom stereocenters. The van der Waals surface area contributed by atoms with Gasteiger partial charge in [-0.3, -0.25) is 0 Å². The summed E-state index contributed by atoms with van der Waals surface area (Å²) in [5, 5.41) is 1.30. The standard InChI is InChI=1S/C56H40N2S2/c1-4-12-40(13-5-1)53-34-36-55(59-53)42-22-29-47(30-23-42)57(48-31-24-43(25-32-48)56-37-35-54(60-56)41-14-6-2-7-15-41)46-27-20-39(21-28-46)44-26-33-52-50(38-44)49-18-10-11-19-51(49)58(52)45-16-8-3-9-17-45/h1-10,12-18,20-38H,11,19H2. The second kappa shape index (κ2) is 15.6. The first-order chi connectivity index (χ1) is 29.7. The molecule has 4 heteroatoms. The van der Waals surface area contributed by atoms with Crippen LogP contribution < -0.4 is 4.90 Å². The highest BCUT2D eigenvalue weighted by atomic mass is 32.1. The maximum atomic E-state index is 2.46. The Kier molecular flexibility index (Phi) is 9.42. The normalized spacial score (nSPS) is 12.1. The Hall–Kier alpha value is -6.98. The van der Waals surface area contributed by atoms with Crippen LogP contribution in [0.25, 0.3) is 75.6 Å². The van der Waals surface area contributed by atoms with Crippen LogP contribution in [0.3, 0.4) is 0 Å². The van der Waals surface area contributed by atoms with Crippen LogP contribution in [0.4, 0.5) is 17.1 Å². The molecule has 7 aromatic carbocycles. The maximum Gasteiger partial charge on any atom is 0.0538 e.